The SMILES string of the molecule is Cc1ccc(C(=O)C=CN(C)C)cc1[N+](=O)[O-]. The van der Waals surface area contributed by atoms with Crippen LogP contribution >= 0.6 is 0 Å². The van der Waals surface area contributed by atoms with E-state index in [0.29, 0.717) is 11.1 Å². The molecule has 0 saturated carbocycles. The zero-order valence-electron chi connectivity index (χ0n) is 10.0. The van der Waals surface area contributed by atoms with Crippen LogP contribution in [0.4, 0.5) is 5.69 Å². The lowest BCUT2D eigenvalue weighted by Crippen LogP contribution is -2.03. The Balaban J connectivity index is 3.04. The van der Waals surface area contributed by atoms with Crippen molar-refractivity contribution in [2.24, 2.45) is 0 Å². The first-order chi connectivity index (χ1) is 7.91. The van der Waals surface area contributed by atoms with Crippen LogP contribution in [0, 0.1) is 17.0 Å². The highest BCUT2D eigenvalue weighted by Crippen LogP contribution is 2.19. The average molecular weight is 234 g/mol. The zero-order valence-corrected chi connectivity index (χ0v) is 10.0. The molecule has 0 unspecified atom stereocenters. The number of ketones is 1. The second-order valence-corrected chi connectivity index (χ2v) is 3.90. The Hall–Kier alpha value is -2.17. The zero-order chi connectivity index (χ0) is 13.0. The van der Waals surface area contributed by atoms with Crippen LogP contribution in [-0.4, -0.2) is 29.7 Å². The molecular formula is C12H14N2O3. The molecule has 1 aromatic carbocycles. The fourth-order valence-electron chi connectivity index (χ4n) is 1.27. The van der Waals surface area contributed by atoms with Gasteiger partial charge in [0.2, 0.25) is 0 Å². The number of carbonyl (C=O) groups is 1. The summed E-state index contributed by atoms with van der Waals surface area (Å²) in [5.41, 5.74) is 0.831. The summed E-state index contributed by atoms with van der Waals surface area (Å²) in [6.07, 6.45) is 2.99. The van der Waals surface area contributed by atoms with Crippen molar-refractivity contribution in [3.63, 3.8) is 0 Å². The average Bonchev–Trinajstić information content (AvgIpc) is 2.26. The molecular weight excluding hydrogens is 220 g/mol. The minimum absolute atomic E-state index is 0.0332. The first kappa shape index (κ1) is 12.9. The molecule has 0 aliphatic carbocycles. The predicted molar refractivity (Wildman–Crippen MR) is 65.0 cm³/mol. The third-order valence-electron chi connectivity index (χ3n) is 2.21. The summed E-state index contributed by atoms with van der Waals surface area (Å²) >= 11 is 0. The summed E-state index contributed by atoms with van der Waals surface area (Å²) < 4.78 is 0. The normalized spacial score (nSPS) is 10.5. The molecule has 0 bridgehead atoms. The molecule has 0 radical (unpaired) electrons. The molecule has 0 N–H and O–H groups in total. The van der Waals surface area contributed by atoms with Crippen LogP contribution in [0.2, 0.25) is 0 Å². The summed E-state index contributed by atoms with van der Waals surface area (Å²) in [6.45, 7) is 1.64. The van der Waals surface area contributed by atoms with Crippen molar-refractivity contribution in [2.45, 2.75) is 6.92 Å². The summed E-state index contributed by atoms with van der Waals surface area (Å²) in [5.74, 6) is -0.248. The van der Waals surface area contributed by atoms with Gasteiger partial charge in [-0.2, -0.15) is 0 Å². The summed E-state index contributed by atoms with van der Waals surface area (Å²) in [7, 11) is 3.59. The first-order valence-electron chi connectivity index (χ1n) is 5.06. The van der Waals surface area contributed by atoms with Gasteiger partial charge in [-0.25, -0.2) is 0 Å². The van der Waals surface area contributed by atoms with Crippen molar-refractivity contribution in [3.8, 4) is 0 Å². The number of carbonyl (C=O) groups excluding carboxylic acids is 1. The number of nitro benzene ring substituents is 1. The highest BCUT2D eigenvalue weighted by Gasteiger charge is 2.13. The van der Waals surface area contributed by atoms with Gasteiger partial charge in [0, 0.05) is 43.6 Å². The number of benzene rings is 1. The largest absolute Gasteiger partial charge is 0.383 e. The maximum absolute atomic E-state index is 11.7. The number of hydrogen-bond donors (Lipinski definition) is 0. The third kappa shape index (κ3) is 3.41. The van der Waals surface area contributed by atoms with Crippen molar-refractivity contribution in [1.29, 1.82) is 0 Å². The Kier molecular flexibility index (Phi) is 3.98. The highest BCUT2D eigenvalue weighted by atomic mass is 16.6. The topological polar surface area (TPSA) is 63.5 Å². The van der Waals surface area contributed by atoms with Crippen molar-refractivity contribution in [3.05, 3.63) is 51.7 Å². The van der Waals surface area contributed by atoms with E-state index in [1.165, 1.54) is 12.1 Å². The number of allylic oxidation sites excluding steroid dienone is 1. The van der Waals surface area contributed by atoms with E-state index in [0.717, 1.165) is 0 Å². The van der Waals surface area contributed by atoms with Crippen LogP contribution < -0.4 is 0 Å². The Bertz CT molecular complexity index is 479. The standard InChI is InChI=1S/C12H14N2O3/c1-9-4-5-10(8-11(9)14(16)17)12(15)6-7-13(2)3/h4-8H,1-3H3. The summed E-state index contributed by atoms with van der Waals surface area (Å²) in [6, 6.07) is 4.47. The van der Waals surface area contributed by atoms with Gasteiger partial charge in [0.25, 0.3) is 5.69 Å². The Morgan fingerprint density at radius 2 is 2.06 bits per heavy atom. The van der Waals surface area contributed by atoms with Crippen LogP contribution in [0.25, 0.3) is 0 Å². The molecule has 5 nitrogen and oxygen atoms in total. The van der Waals surface area contributed by atoms with E-state index in [-0.39, 0.29) is 11.5 Å². The van der Waals surface area contributed by atoms with Crippen molar-refractivity contribution < 1.29 is 9.72 Å². The van der Waals surface area contributed by atoms with E-state index in [4.69, 9.17) is 0 Å². The molecule has 5 heteroatoms. The molecule has 90 valence electrons. The monoisotopic (exact) mass is 234 g/mol. The molecule has 0 heterocycles. The minimum atomic E-state index is -0.484. The van der Waals surface area contributed by atoms with Gasteiger partial charge in [-0.05, 0) is 6.92 Å². The summed E-state index contributed by atoms with van der Waals surface area (Å²) in [4.78, 5) is 23.7. The first-order valence-corrected chi connectivity index (χ1v) is 5.06. The molecule has 1 rings (SSSR count). The second-order valence-electron chi connectivity index (χ2n) is 3.90. The lowest BCUT2D eigenvalue weighted by molar-refractivity contribution is -0.385. The van der Waals surface area contributed by atoms with Crippen LogP contribution in [-0.2, 0) is 0 Å². The third-order valence-corrected chi connectivity index (χ3v) is 2.21. The lowest BCUT2D eigenvalue weighted by Gasteiger charge is -2.03. The highest BCUT2D eigenvalue weighted by molar-refractivity contribution is 6.04. The molecule has 0 amide bonds. The van der Waals surface area contributed by atoms with Crippen LogP contribution in [0.3, 0.4) is 0 Å². The molecule has 0 aromatic heterocycles. The predicted octanol–water partition coefficient (Wildman–Crippen LogP) is 2.16. The Morgan fingerprint density at radius 1 is 1.41 bits per heavy atom. The minimum Gasteiger partial charge on any atom is -0.383 e. The van der Waals surface area contributed by atoms with E-state index in [1.807, 2.05) is 0 Å². The van der Waals surface area contributed by atoms with Crippen molar-refractivity contribution in [1.82, 2.24) is 4.90 Å². The van der Waals surface area contributed by atoms with E-state index in [2.05, 4.69) is 0 Å². The number of nitro groups is 1. The number of nitrogens with zero attached hydrogens (tertiary/aromatic N) is 2. The van der Waals surface area contributed by atoms with Gasteiger partial charge >= 0.3 is 0 Å². The van der Waals surface area contributed by atoms with Gasteiger partial charge in [-0.3, -0.25) is 14.9 Å². The van der Waals surface area contributed by atoms with E-state index in [9.17, 15) is 14.9 Å². The van der Waals surface area contributed by atoms with Crippen LogP contribution in [0.1, 0.15) is 15.9 Å². The smallest absolute Gasteiger partial charge is 0.273 e. The molecule has 0 fully saturated rings. The van der Waals surface area contributed by atoms with Gasteiger partial charge in [0.1, 0.15) is 0 Å². The van der Waals surface area contributed by atoms with Crippen LogP contribution in [0.15, 0.2) is 30.5 Å². The fraction of sp³-hybridized carbons (Fsp3) is 0.250. The molecule has 17 heavy (non-hydrogen) atoms. The molecule has 1 aromatic rings. The van der Waals surface area contributed by atoms with E-state index < -0.39 is 4.92 Å². The number of rotatable bonds is 4. The molecule has 0 atom stereocenters. The van der Waals surface area contributed by atoms with Gasteiger partial charge in [0.05, 0.1) is 4.92 Å². The fourth-order valence-corrected chi connectivity index (χ4v) is 1.27. The molecule has 0 spiro atoms. The van der Waals surface area contributed by atoms with E-state index in [1.54, 1.807) is 44.3 Å². The number of hydrogen-bond acceptors (Lipinski definition) is 4. The Morgan fingerprint density at radius 3 is 2.59 bits per heavy atom. The van der Waals surface area contributed by atoms with Gasteiger partial charge < -0.3 is 4.90 Å². The van der Waals surface area contributed by atoms with Gasteiger partial charge in [0.15, 0.2) is 5.78 Å². The second kappa shape index (κ2) is 5.25. The quantitative estimate of drug-likeness (QED) is 0.346. The molecule has 0 saturated heterocycles. The van der Waals surface area contributed by atoms with Crippen molar-refractivity contribution >= 4 is 11.5 Å². The molecule has 0 aliphatic heterocycles. The van der Waals surface area contributed by atoms with Crippen LogP contribution in [0.5, 0.6) is 0 Å². The Labute approximate surface area is 99.5 Å². The van der Waals surface area contributed by atoms with Gasteiger partial charge in [-0.1, -0.05) is 12.1 Å². The van der Waals surface area contributed by atoms with Crippen molar-refractivity contribution in [2.75, 3.05) is 14.1 Å². The lowest BCUT2D eigenvalue weighted by atomic mass is 10.1. The molecule has 0 aliphatic rings. The maximum atomic E-state index is 11.7. The number of aryl methyl sites for hydroxylation is 1. The maximum Gasteiger partial charge on any atom is 0.273 e. The van der Waals surface area contributed by atoms with Gasteiger partial charge in [-0.15, -0.1) is 0 Å². The van der Waals surface area contributed by atoms with E-state index >= 15 is 0 Å². The summed E-state index contributed by atoms with van der Waals surface area (Å²) in [5, 5.41) is 10.7.